The molecule has 0 bridgehead atoms. The van der Waals surface area contributed by atoms with Crippen molar-refractivity contribution >= 4 is 21.6 Å². The van der Waals surface area contributed by atoms with Gasteiger partial charge in [-0.2, -0.15) is 17.5 Å². The van der Waals surface area contributed by atoms with Crippen molar-refractivity contribution in [3.8, 4) is 5.75 Å². The maximum Gasteiger partial charge on any atom is 0.416 e. The van der Waals surface area contributed by atoms with Crippen molar-refractivity contribution in [3.63, 3.8) is 0 Å². The largest absolute Gasteiger partial charge is 0.494 e. The molecule has 0 saturated heterocycles. The molecule has 0 radical (unpaired) electrons. The van der Waals surface area contributed by atoms with Gasteiger partial charge in [0, 0.05) is 12.2 Å². The molecule has 1 N–H and O–H groups in total. The molecule has 0 aliphatic rings. The zero-order valence-electron chi connectivity index (χ0n) is 16.8. The van der Waals surface area contributed by atoms with Gasteiger partial charge in [0.2, 0.25) is 15.9 Å². The predicted octanol–water partition coefficient (Wildman–Crippen LogP) is 4.06. The van der Waals surface area contributed by atoms with Crippen LogP contribution in [0, 0.1) is 6.92 Å². The van der Waals surface area contributed by atoms with Crippen LogP contribution in [-0.2, 0) is 21.0 Å². The molecule has 0 aromatic heterocycles. The number of rotatable bonds is 8. The molecule has 0 aliphatic heterocycles. The number of alkyl halides is 3. The third kappa shape index (κ3) is 5.73. The number of nitrogens with zero attached hydrogens (tertiary/aromatic N) is 1. The van der Waals surface area contributed by atoms with Crippen molar-refractivity contribution in [1.82, 2.24) is 4.31 Å². The molecule has 0 heterocycles. The topological polar surface area (TPSA) is 75.7 Å². The van der Waals surface area contributed by atoms with Crippen LogP contribution in [-0.4, -0.2) is 38.3 Å². The third-order valence-corrected chi connectivity index (χ3v) is 6.17. The van der Waals surface area contributed by atoms with Gasteiger partial charge in [0.05, 0.1) is 23.6 Å². The Bertz CT molecular complexity index is 990. The van der Waals surface area contributed by atoms with Gasteiger partial charge >= 0.3 is 6.18 Å². The van der Waals surface area contributed by atoms with E-state index in [9.17, 15) is 26.4 Å². The molecule has 10 heteroatoms. The van der Waals surface area contributed by atoms with Gasteiger partial charge in [0.15, 0.2) is 0 Å². The van der Waals surface area contributed by atoms with Gasteiger partial charge in [0.25, 0.3) is 0 Å². The number of hydrogen-bond donors (Lipinski definition) is 1. The summed E-state index contributed by atoms with van der Waals surface area (Å²) < 4.78 is 70.1. The number of nitrogens with one attached hydrogen (secondary N) is 1. The lowest BCUT2D eigenvalue weighted by Crippen LogP contribution is -2.37. The number of ether oxygens (including phenoxy) is 1. The fraction of sp³-hybridized carbons (Fsp3) is 0.350. The highest BCUT2D eigenvalue weighted by atomic mass is 32.2. The summed E-state index contributed by atoms with van der Waals surface area (Å²) in [6.07, 6.45) is -4.48. The van der Waals surface area contributed by atoms with Crippen LogP contribution in [0.5, 0.6) is 5.75 Å². The van der Waals surface area contributed by atoms with E-state index in [1.54, 1.807) is 19.9 Å². The Kier molecular flexibility index (Phi) is 7.49. The van der Waals surface area contributed by atoms with Crippen LogP contribution in [0.4, 0.5) is 18.9 Å². The third-order valence-electron chi connectivity index (χ3n) is 4.25. The summed E-state index contributed by atoms with van der Waals surface area (Å²) in [7, 11) is -3.95. The van der Waals surface area contributed by atoms with Crippen LogP contribution in [0.3, 0.4) is 0 Å². The summed E-state index contributed by atoms with van der Waals surface area (Å²) in [4.78, 5) is 12.3. The SMILES string of the molecule is CCOc1ccc(S(=O)(=O)N(CC)CC(=O)Nc2ccc(C(F)(F)F)cc2)cc1C. The zero-order chi connectivity index (χ0) is 22.5. The molecule has 0 unspecified atom stereocenters. The van der Waals surface area contributed by atoms with E-state index in [2.05, 4.69) is 5.32 Å². The molecular formula is C20H23F3N2O4S. The second kappa shape index (κ2) is 9.48. The van der Waals surface area contributed by atoms with Gasteiger partial charge in [-0.3, -0.25) is 4.79 Å². The van der Waals surface area contributed by atoms with Crippen LogP contribution in [0.1, 0.15) is 25.0 Å². The van der Waals surface area contributed by atoms with E-state index in [-0.39, 0.29) is 17.1 Å². The number of amides is 1. The molecule has 0 atom stereocenters. The fourth-order valence-electron chi connectivity index (χ4n) is 2.72. The first-order valence-corrected chi connectivity index (χ1v) is 10.6. The second-order valence-electron chi connectivity index (χ2n) is 6.41. The smallest absolute Gasteiger partial charge is 0.416 e. The maximum absolute atomic E-state index is 12.9. The molecule has 2 aromatic carbocycles. The highest BCUT2D eigenvalue weighted by molar-refractivity contribution is 7.89. The number of aryl methyl sites for hydroxylation is 1. The van der Waals surface area contributed by atoms with E-state index >= 15 is 0 Å². The zero-order valence-corrected chi connectivity index (χ0v) is 17.6. The molecule has 2 rings (SSSR count). The number of carbonyl (C=O) groups excluding carboxylic acids is 1. The highest BCUT2D eigenvalue weighted by Gasteiger charge is 2.30. The van der Waals surface area contributed by atoms with Crippen molar-refractivity contribution in [1.29, 1.82) is 0 Å². The summed E-state index contributed by atoms with van der Waals surface area (Å²) in [6.45, 7) is 5.12. The Morgan fingerprint density at radius 3 is 2.23 bits per heavy atom. The van der Waals surface area contributed by atoms with E-state index in [0.29, 0.717) is 17.9 Å². The van der Waals surface area contributed by atoms with E-state index in [1.807, 2.05) is 6.92 Å². The molecule has 0 aliphatic carbocycles. The van der Waals surface area contributed by atoms with Crippen molar-refractivity contribution in [2.45, 2.75) is 31.8 Å². The molecule has 0 spiro atoms. The van der Waals surface area contributed by atoms with Crippen molar-refractivity contribution in [2.75, 3.05) is 25.0 Å². The summed E-state index contributed by atoms with van der Waals surface area (Å²) in [5, 5.41) is 2.41. The number of halogens is 3. The molecule has 1 amide bonds. The Balaban J connectivity index is 2.13. The van der Waals surface area contributed by atoms with E-state index in [1.165, 1.54) is 12.1 Å². The van der Waals surface area contributed by atoms with Crippen LogP contribution in [0.2, 0.25) is 0 Å². The standard InChI is InChI=1S/C20H23F3N2O4S/c1-4-25(30(27,28)17-10-11-18(29-5-2)14(3)12-17)13-19(26)24-16-8-6-15(7-9-16)20(21,22)23/h6-12H,4-5,13H2,1-3H3,(H,24,26). The van der Waals surface area contributed by atoms with Crippen LogP contribution in [0.25, 0.3) is 0 Å². The first-order valence-electron chi connectivity index (χ1n) is 9.19. The van der Waals surface area contributed by atoms with Gasteiger partial charge in [-0.15, -0.1) is 0 Å². The highest BCUT2D eigenvalue weighted by Crippen LogP contribution is 2.30. The number of likely N-dealkylation sites (N-methyl/N-ethyl adjacent to an activating group) is 1. The van der Waals surface area contributed by atoms with Crippen LogP contribution in [0.15, 0.2) is 47.4 Å². The van der Waals surface area contributed by atoms with Crippen LogP contribution < -0.4 is 10.1 Å². The minimum Gasteiger partial charge on any atom is -0.494 e. The molecule has 6 nitrogen and oxygen atoms in total. The van der Waals surface area contributed by atoms with E-state index < -0.39 is 34.2 Å². The maximum atomic E-state index is 12.9. The Labute approximate surface area is 173 Å². The lowest BCUT2D eigenvalue weighted by Gasteiger charge is -2.21. The molecule has 164 valence electrons. The normalized spacial score (nSPS) is 12.1. The van der Waals surface area contributed by atoms with Gasteiger partial charge < -0.3 is 10.1 Å². The fourth-order valence-corrected chi connectivity index (χ4v) is 4.21. The minimum atomic E-state index is -4.48. The van der Waals surface area contributed by atoms with Crippen molar-refractivity contribution < 1.29 is 31.1 Å². The average molecular weight is 444 g/mol. The van der Waals surface area contributed by atoms with E-state index in [4.69, 9.17) is 4.74 Å². The number of benzene rings is 2. The predicted molar refractivity (Wildman–Crippen MR) is 107 cm³/mol. The van der Waals surface area contributed by atoms with Gasteiger partial charge in [-0.05, 0) is 61.9 Å². The lowest BCUT2D eigenvalue weighted by atomic mass is 10.2. The first kappa shape index (κ1) is 23.7. The number of anilines is 1. The summed E-state index contributed by atoms with van der Waals surface area (Å²) in [5.41, 5.74) is -0.0642. The molecular weight excluding hydrogens is 421 g/mol. The first-order chi connectivity index (χ1) is 14.0. The Morgan fingerprint density at radius 1 is 1.10 bits per heavy atom. The summed E-state index contributed by atoms with van der Waals surface area (Å²) in [6, 6.07) is 8.34. The number of sulfonamides is 1. The summed E-state index contributed by atoms with van der Waals surface area (Å²) >= 11 is 0. The molecule has 0 saturated carbocycles. The minimum absolute atomic E-state index is 0.0210. The monoisotopic (exact) mass is 444 g/mol. The molecule has 2 aromatic rings. The second-order valence-corrected chi connectivity index (χ2v) is 8.35. The lowest BCUT2D eigenvalue weighted by molar-refractivity contribution is -0.137. The molecule has 0 fully saturated rings. The van der Waals surface area contributed by atoms with Crippen molar-refractivity contribution in [3.05, 3.63) is 53.6 Å². The van der Waals surface area contributed by atoms with E-state index in [0.717, 1.165) is 28.6 Å². The number of hydrogen-bond acceptors (Lipinski definition) is 4. The van der Waals surface area contributed by atoms with Crippen molar-refractivity contribution in [2.24, 2.45) is 0 Å². The Hall–Kier alpha value is -2.59. The quantitative estimate of drug-likeness (QED) is 0.666. The van der Waals surface area contributed by atoms with Gasteiger partial charge in [-0.1, -0.05) is 6.92 Å². The summed E-state index contributed by atoms with van der Waals surface area (Å²) in [5.74, 6) is -0.0950. The van der Waals surface area contributed by atoms with Gasteiger partial charge in [0.1, 0.15) is 5.75 Å². The Morgan fingerprint density at radius 2 is 1.73 bits per heavy atom. The van der Waals surface area contributed by atoms with Gasteiger partial charge in [-0.25, -0.2) is 8.42 Å². The molecule has 30 heavy (non-hydrogen) atoms. The number of carbonyl (C=O) groups is 1. The van der Waals surface area contributed by atoms with Crippen LogP contribution >= 0.6 is 0 Å². The average Bonchev–Trinajstić information content (AvgIpc) is 2.67.